The Morgan fingerprint density at radius 1 is 0.807 bits per heavy atom. The van der Waals surface area contributed by atoms with E-state index in [0.29, 0.717) is 32.1 Å². The van der Waals surface area contributed by atoms with Crippen molar-refractivity contribution in [3.63, 3.8) is 0 Å². The summed E-state index contributed by atoms with van der Waals surface area (Å²) >= 11 is 0. The molecule has 0 bridgehead atoms. The number of fused-ring (bicyclic) bond motifs is 1. The van der Waals surface area contributed by atoms with E-state index in [0.717, 1.165) is 0 Å². The van der Waals surface area contributed by atoms with Gasteiger partial charge in [0, 0.05) is 33.0 Å². The summed E-state index contributed by atoms with van der Waals surface area (Å²) in [6.45, 7) is 18.7. The zero-order valence-electron chi connectivity index (χ0n) is 36.4. The van der Waals surface area contributed by atoms with Crippen molar-refractivity contribution >= 4 is 41.5 Å². The zero-order valence-corrected chi connectivity index (χ0v) is 36.4. The standard InChI is InChI=1S/C42H69N5O10/c1-15-17-18-21-29-42(11,12)41(55)44-30(23(3)4)37(51)46(14)33(25(7)8)40(54)57-34(26(9)16-2)38(52)47-22-19-20-28(47)36(50)45(13)32(24(5)6)35(49)43-31(27(10)48)39(53)56-29/h1,23-34,48H,16-22H2,2-14H3,(H,43,49)(H,44,55)/t26-,27+,28-,29-,30-,31-,32-,33-,34+/m0/s1. The Labute approximate surface area is 339 Å². The molecular formula is C42H69N5O10. The van der Waals surface area contributed by atoms with Gasteiger partial charge in [-0.05, 0) is 70.6 Å². The van der Waals surface area contributed by atoms with E-state index in [1.165, 1.54) is 35.7 Å². The summed E-state index contributed by atoms with van der Waals surface area (Å²) in [4.78, 5) is 103. The first-order valence-corrected chi connectivity index (χ1v) is 20.4. The maximum Gasteiger partial charge on any atom is 0.331 e. The van der Waals surface area contributed by atoms with Crippen molar-refractivity contribution in [1.29, 1.82) is 0 Å². The lowest BCUT2D eigenvalue weighted by molar-refractivity contribution is -0.172. The molecule has 2 heterocycles. The average molecular weight is 804 g/mol. The lowest BCUT2D eigenvalue weighted by atomic mass is 9.82. The van der Waals surface area contributed by atoms with E-state index in [1.807, 2.05) is 6.92 Å². The number of hydrogen-bond acceptors (Lipinski definition) is 10. The maximum atomic E-state index is 14.4. The van der Waals surface area contributed by atoms with Crippen LogP contribution in [0.3, 0.4) is 0 Å². The van der Waals surface area contributed by atoms with Crippen LogP contribution in [0.25, 0.3) is 0 Å². The highest BCUT2D eigenvalue weighted by Crippen LogP contribution is 2.31. The summed E-state index contributed by atoms with van der Waals surface area (Å²) in [6.07, 6.45) is 3.72. The number of carbonyl (C=O) groups excluding carboxylic acids is 7. The number of aliphatic hydroxyl groups is 1. The minimum Gasteiger partial charge on any atom is -0.460 e. The highest BCUT2D eigenvalue weighted by Gasteiger charge is 2.47. The Balaban J connectivity index is 2.83. The first-order valence-electron chi connectivity index (χ1n) is 20.4. The number of esters is 2. The van der Waals surface area contributed by atoms with Crippen molar-refractivity contribution < 1.29 is 48.1 Å². The Kier molecular flexibility index (Phi) is 18.0. The van der Waals surface area contributed by atoms with Gasteiger partial charge in [0.25, 0.3) is 5.91 Å². The van der Waals surface area contributed by atoms with Crippen molar-refractivity contribution in [1.82, 2.24) is 25.3 Å². The molecule has 0 radical (unpaired) electrons. The fourth-order valence-electron chi connectivity index (χ4n) is 7.57. The molecule has 322 valence electrons. The van der Waals surface area contributed by atoms with E-state index in [2.05, 4.69) is 16.6 Å². The molecule has 0 unspecified atom stereocenters. The van der Waals surface area contributed by atoms with Gasteiger partial charge >= 0.3 is 11.9 Å². The van der Waals surface area contributed by atoms with E-state index in [4.69, 9.17) is 15.9 Å². The van der Waals surface area contributed by atoms with E-state index in [9.17, 15) is 38.7 Å². The van der Waals surface area contributed by atoms with Crippen LogP contribution in [0.5, 0.6) is 0 Å². The first kappa shape index (κ1) is 49.0. The SMILES string of the molecule is C#CCCC[C@@H]1OC(=O)[C@H]([C@@H](C)O)NC(=O)[C@H](C(C)C)N(C)C(=O)[C@@H]2CCCN2C(=O)[C@@H]([C@@H](C)CC)OC(=O)[C@H](C(C)C)N(C)C(=O)[C@H](C(C)C)NC(=O)C1(C)C. The molecule has 3 N–H and O–H groups in total. The molecule has 2 rings (SSSR count). The molecule has 2 aliphatic heterocycles. The lowest BCUT2D eigenvalue weighted by Crippen LogP contribution is -2.61. The van der Waals surface area contributed by atoms with Gasteiger partial charge in [-0.3, -0.25) is 24.0 Å². The van der Waals surface area contributed by atoms with Crippen molar-refractivity contribution in [2.45, 2.75) is 163 Å². The summed E-state index contributed by atoms with van der Waals surface area (Å²) < 4.78 is 12.0. The van der Waals surface area contributed by atoms with E-state index >= 15 is 0 Å². The fourth-order valence-corrected chi connectivity index (χ4v) is 7.57. The molecule has 0 saturated carbocycles. The Morgan fingerprint density at radius 2 is 1.39 bits per heavy atom. The molecule has 15 nitrogen and oxygen atoms in total. The van der Waals surface area contributed by atoms with Gasteiger partial charge in [0.05, 0.1) is 11.5 Å². The zero-order chi connectivity index (χ0) is 43.7. The van der Waals surface area contributed by atoms with Crippen LogP contribution in [-0.2, 0) is 43.0 Å². The van der Waals surface area contributed by atoms with Crippen molar-refractivity contribution in [3.05, 3.63) is 0 Å². The Bertz CT molecular complexity index is 1500. The third-order valence-corrected chi connectivity index (χ3v) is 11.5. The molecule has 57 heavy (non-hydrogen) atoms. The third-order valence-electron chi connectivity index (χ3n) is 11.5. The largest absolute Gasteiger partial charge is 0.460 e. The molecule has 0 aliphatic carbocycles. The minimum atomic E-state index is -1.59. The van der Waals surface area contributed by atoms with Gasteiger partial charge in [0.15, 0.2) is 12.1 Å². The number of likely N-dealkylation sites (N-methyl/N-ethyl adjacent to an activating group) is 2. The molecule has 0 spiro atoms. The van der Waals surface area contributed by atoms with Gasteiger partial charge in [0.1, 0.15) is 30.3 Å². The van der Waals surface area contributed by atoms with Gasteiger partial charge in [-0.1, -0.05) is 55.4 Å². The predicted octanol–water partition coefficient (Wildman–Crippen LogP) is 2.66. The second-order valence-electron chi connectivity index (χ2n) is 17.4. The van der Waals surface area contributed by atoms with E-state index < -0.39 is 119 Å². The summed E-state index contributed by atoms with van der Waals surface area (Å²) in [6, 6.07) is -5.97. The average Bonchev–Trinajstić information content (AvgIpc) is 3.62. The Morgan fingerprint density at radius 3 is 1.89 bits per heavy atom. The predicted molar refractivity (Wildman–Crippen MR) is 214 cm³/mol. The number of nitrogens with zero attached hydrogens (tertiary/aromatic N) is 3. The van der Waals surface area contributed by atoms with Crippen LogP contribution in [0.2, 0.25) is 0 Å². The molecule has 2 aliphatic rings. The highest BCUT2D eigenvalue weighted by atomic mass is 16.6. The van der Waals surface area contributed by atoms with E-state index in [-0.39, 0.29) is 13.0 Å². The molecule has 2 saturated heterocycles. The van der Waals surface area contributed by atoms with Crippen molar-refractivity contribution in [2.24, 2.45) is 29.1 Å². The van der Waals surface area contributed by atoms with Gasteiger partial charge in [-0.25, -0.2) is 9.59 Å². The number of aliphatic hydroxyl groups excluding tert-OH is 1. The smallest absolute Gasteiger partial charge is 0.331 e. The van der Waals surface area contributed by atoms with Crippen molar-refractivity contribution in [3.8, 4) is 12.3 Å². The molecule has 5 amide bonds. The van der Waals surface area contributed by atoms with Gasteiger partial charge < -0.3 is 39.9 Å². The van der Waals surface area contributed by atoms with Crippen LogP contribution in [0.15, 0.2) is 0 Å². The number of ether oxygens (including phenoxy) is 2. The maximum absolute atomic E-state index is 14.4. The molecule has 0 aromatic rings. The number of amides is 5. The third kappa shape index (κ3) is 11.7. The van der Waals surface area contributed by atoms with E-state index in [1.54, 1.807) is 62.3 Å². The topological polar surface area (TPSA) is 192 Å². The first-order chi connectivity index (χ1) is 26.4. The number of nitrogens with one attached hydrogen (secondary N) is 2. The number of cyclic esters (lactones) is 2. The molecule has 15 heteroatoms. The Hall–Kier alpha value is -4.19. The normalized spacial score (nSPS) is 28.9. The van der Waals surface area contributed by atoms with Crippen LogP contribution in [-0.4, -0.2) is 130 Å². The van der Waals surface area contributed by atoms with Crippen molar-refractivity contribution in [2.75, 3.05) is 20.6 Å². The molecule has 9 atom stereocenters. The van der Waals surface area contributed by atoms with Crippen LogP contribution >= 0.6 is 0 Å². The van der Waals surface area contributed by atoms with Gasteiger partial charge in [-0.2, -0.15) is 0 Å². The number of unbranched alkanes of at least 4 members (excludes halogenated alkanes) is 1. The number of rotatable bonds is 9. The molecule has 0 aromatic carbocycles. The summed E-state index contributed by atoms with van der Waals surface area (Å²) in [5.41, 5.74) is -1.47. The number of carbonyl (C=O) groups is 7. The summed E-state index contributed by atoms with van der Waals surface area (Å²) in [7, 11) is 2.89. The second kappa shape index (κ2) is 21.0. The second-order valence-corrected chi connectivity index (χ2v) is 17.4. The monoisotopic (exact) mass is 804 g/mol. The van der Waals surface area contributed by atoms with Crippen LogP contribution in [0.1, 0.15) is 115 Å². The molecule has 0 aromatic heterocycles. The molecule has 2 fully saturated rings. The summed E-state index contributed by atoms with van der Waals surface area (Å²) in [5.74, 6) is -4.18. The number of hydrogen-bond donors (Lipinski definition) is 3. The quantitative estimate of drug-likeness (QED) is 0.178. The minimum absolute atomic E-state index is 0.137. The summed E-state index contributed by atoms with van der Waals surface area (Å²) in [5, 5.41) is 16.2. The van der Waals surface area contributed by atoms with Crippen LogP contribution in [0, 0.1) is 41.4 Å². The highest BCUT2D eigenvalue weighted by molar-refractivity contribution is 5.96. The van der Waals surface area contributed by atoms with Gasteiger partial charge in [-0.15, -0.1) is 12.3 Å². The van der Waals surface area contributed by atoms with Gasteiger partial charge in [0.2, 0.25) is 23.6 Å². The fraction of sp³-hybridized carbons (Fsp3) is 0.786. The van der Waals surface area contributed by atoms with Crippen LogP contribution in [0.4, 0.5) is 0 Å². The number of terminal acetylenes is 1. The van der Waals surface area contributed by atoms with Crippen LogP contribution < -0.4 is 10.6 Å². The molecular weight excluding hydrogens is 734 g/mol. The lowest BCUT2D eigenvalue weighted by Gasteiger charge is -2.39.